The van der Waals surface area contributed by atoms with E-state index in [0.717, 1.165) is 0 Å². The molecule has 1 aromatic carbocycles. The zero-order valence-electron chi connectivity index (χ0n) is 12.0. The maximum atomic E-state index is 12.1. The molecule has 0 bridgehead atoms. The topological polar surface area (TPSA) is 110 Å². The van der Waals surface area contributed by atoms with Crippen LogP contribution < -0.4 is 5.32 Å². The molecule has 7 heteroatoms. The summed E-state index contributed by atoms with van der Waals surface area (Å²) in [4.78, 5) is 32.6. The first-order valence-electron chi connectivity index (χ1n) is 6.50. The Kier molecular flexibility index (Phi) is 5.40. The normalized spacial score (nSPS) is 11.0. The van der Waals surface area contributed by atoms with Crippen molar-refractivity contribution in [1.29, 1.82) is 0 Å². The second-order valence-electron chi connectivity index (χ2n) is 5.18. The molecule has 0 spiro atoms. The molecule has 1 aromatic rings. The van der Waals surface area contributed by atoms with E-state index in [0.29, 0.717) is 12.0 Å². The summed E-state index contributed by atoms with van der Waals surface area (Å²) in [6.07, 6.45) is 0.357. The molecule has 0 aliphatic rings. The van der Waals surface area contributed by atoms with E-state index in [1.165, 1.54) is 12.1 Å². The summed E-state index contributed by atoms with van der Waals surface area (Å²) in [5.74, 6) is -1.15. The molecular weight excluding hydrogens is 276 g/mol. The van der Waals surface area contributed by atoms with Gasteiger partial charge in [-0.2, -0.15) is 0 Å². The number of hydrogen-bond donors (Lipinski definition) is 2. The van der Waals surface area contributed by atoms with Crippen LogP contribution in [-0.2, 0) is 15.0 Å². The first kappa shape index (κ1) is 16.6. The summed E-state index contributed by atoms with van der Waals surface area (Å²) in [5.41, 5.74) is -0.224. The van der Waals surface area contributed by atoms with E-state index in [4.69, 9.17) is 5.11 Å². The third-order valence-electron chi connectivity index (χ3n) is 3.22. The summed E-state index contributed by atoms with van der Waals surface area (Å²) < 4.78 is 0. The number of nitrogens with one attached hydrogen (secondary N) is 1. The summed E-state index contributed by atoms with van der Waals surface area (Å²) in [6.45, 7) is 3.70. The molecular formula is C14H18N2O5. The molecule has 7 nitrogen and oxygen atoms in total. The number of nitro groups is 1. The fourth-order valence-corrected chi connectivity index (χ4v) is 1.79. The molecule has 0 saturated heterocycles. The summed E-state index contributed by atoms with van der Waals surface area (Å²) >= 11 is 0. The van der Waals surface area contributed by atoms with Gasteiger partial charge in [0.1, 0.15) is 0 Å². The fraction of sp³-hybridized carbons (Fsp3) is 0.429. The number of benzene rings is 1. The molecule has 0 aliphatic heterocycles. The Labute approximate surface area is 122 Å². The number of carboxylic acid groups (broad SMARTS) is 1. The molecule has 1 rings (SSSR count). The van der Waals surface area contributed by atoms with E-state index in [-0.39, 0.29) is 24.6 Å². The van der Waals surface area contributed by atoms with Crippen LogP contribution in [0, 0.1) is 10.1 Å². The highest BCUT2D eigenvalue weighted by atomic mass is 16.6. The number of carbonyl (C=O) groups excluding carboxylic acids is 1. The van der Waals surface area contributed by atoms with E-state index in [2.05, 4.69) is 5.32 Å². The third-order valence-corrected chi connectivity index (χ3v) is 3.22. The van der Waals surface area contributed by atoms with Crippen LogP contribution >= 0.6 is 0 Å². The van der Waals surface area contributed by atoms with Crippen LogP contribution in [0.1, 0.15) is 32.3 Å². The number of hydrogen-bond acceptors (Lipinski definition) is 4. The number of carbonyl (C=O) groups is 2. The van der Waals surface area contributed by atoms with E-state index in [1.54, 1.807) is 26.0 Å². The van der Waals surface area contributed by atoms with E-state index < -0.39 is 16.3 Å². The number of nitro benzene ring substituents is 1. The monoisotopic (exact) mass is 294 g/mol. The van der Waals surface area contributed by atoms with Crippen LogP contribution in [-0.4, -0.2) is 28.5 Å². The smallest absolute Gasteiger partial charge is 0.303 e. The quantitative estimate of drug-likeness (QED) is 0.453. The number of nitrogens with zero attached hydrogens (tertiary/aromatic N) is 1. The second kappa shape index (κ2) is 6.83. The van der Waals surface area contributed by atoms with Gasteiger partial charge in [0, 0.05) is 25.1 Å². The standard InChI is InChI=1S/C14H18N2O5/c1-14(2,13(19)15-9-3-4-12(17)18)10-5-7-11(8-6-10)16(20)21/h5-8H,3-4,9H2,1-2H3,(H,15,19)(H,17,18). The molecule has 1 amide bonds. The second-order valence-corrected chi connectivity index (χ2v) is 5.18. The number of rotatable bonds is 7. The van der Waals surface area contributed by atoms with Gasteiger partial charge in [0.15, 0.2) is 0 Å². The van der Waals surface area contributed by atoms with Gasteiger partial charge >= 0.3 is 5.97 Å². The Hall–Kier alpha value is -2.44. The van der Waals surface area contributed by atoms with E-state index in [9.17, 15) is 19.7 Å². The first-order chi connectivity index (χ1) is 9.75. The average molecular weight is 294 g/mol. The van der Waals surface area contributed by atoms with Gasteiger partial charge in [-0.05, 0) is 25.8 Å². The lowest BCUT2D eigenvalue weighted by molar-refractivity contribution is -0.384. The van der Waals surface area contributed by atoms with Gasteiger partial charge in [0.25, 0.3) is 5.69 Å². The van der Waals surface area contributed by atoms with Crippen molar-refractivity contribution in [2.75, 3.05) is 6.54 Å². The van der Waals surface area contributed by atoms with Crippen molar-refractivity contribution in [3.63, 3.8) is 0 Å². The molecule has 21 heavy (non-hydrogen) atoms. The van der Waals surface area contributed by atoms with E-state index >= 15 is 0 Å². The average Bonchev–Trinajstić information content (AvgIpc) is 2.43. The highest BCUT2D eigenvalue weighted by Crippen LogP contribution is 2.25. The summed E-state index contributed by atoms with van der Waals surface area (Å²) in [6, 6.07) is 5.81. The minimum Gasteiger partial charge on any atom is -0.481 e. The van der Waals surface area contributed by atoms with Crippen molar-refractivity contribution in [3.05, 3.63) is 39.9 Å². The number of non-ortho nitro benzene ring substituents is 1. The van der Waals surface area contributed by atoms with Gasteiger partial charge in [-0.3, -0.25) is 19.7 Å². The predicted molar refractivity (Wildman–Crippen MR) is 76.0 cm³/mol. The summed E-state index contributed by atoms with van der Waals surface area (Å²) in [5, 5.41) is 21.8. The predicted octanol–water partition coefficient (Wildman–Crippen LogP) is 1.85. The number of carboxylic acids is 1. The van der Waals surface area contributed by atoms with Crippen LogP contribution in [0.3, 0.4) is 0 Å². The van der Waals surface area contributed by atoms with Gasteiger partial charge in [0.2, 0.25) is 5.91 Å². The number of aliphatic carboxylic acids is 1. The molecule has 0 aliphatic carbocycles. The zero-order valence-corrected chi connectivity index (χ0v) is 12.0. The van der Waals surface area contributed by atoms with Crippen molar-refractivity contribution in [2.24, 2.45) is 0 Å². The number of amides is 1. The van der Waals surface area contributed by atoms with Gasteiger partial charge in [-0.25, -0.2) is 0 Å². The van der Waals surface area contributed by atoms with Crippen LogP contribution in [0.4, 0.5) is 5.69 Å². The minimum atomic E-state index is -0.904. The Morgan fingerprint density at radius 3 is 2.33 bits per heavy atom. The third kappa shape index (κ3) is 4.55. The molecule has 2 N–H and O–H groups in total. The van der Waals surface area contributed by atoms with Crippen LogP contribution in [0.2, 0.25) is 0 Å². The zero-order chi connectivity index (χ0) is 16.0. The molecule has 0 unspecified atom stereocenters. The molecule has 0 atom stereocenters. The van der Waals surface area contributed by atoms with Crippen LogP contribution in [0.15, 0.2) is 24.3 Å². The largest absolute Gasteiger partial charge is 0.481 e. The van der Waals surface area contributed by atoms with Crippen molar-refractivity contribution in [1.82, 2.24) is 5.32 Å². The Bertz CT molecular complexity index is 537. The Morgan fingerprint density at radius 1 is 1.29 bits per heavy atom. The van der Waals surface area contributed by atoms with Crippen molar-refractivity contribution >= 4 is 17.6 Å². The highest BCUT2D eigenvalue weighted by molar-refractivity contribution is 5.87. The van der Waals surface area contributed by atoms with Gasteiger partial charge < -0.3 is 10.4 Å². The van der Waals surface area contributed by atoms with Crippen LogP contribution in [0.25, 0.3) is 0 Å². The maximum absolute atomic E-state index is 12.1. The van der Waals surface area contributed by atoms with Crippen molar-refractivity contribution in [2.45, 2.75) is 32.1 Å². The van der Waals surface area contributed by atoms with Crippen molar-refractivity contribution in [3.8, 4) is 0 Å². The maximum Gasteiger partial charge on any atom is 0.303 e. The molecule has 0 fully saturated rings. The molecule has 0 heterocycles. The fourth-order valence-electron chi connectivity index (χ4n) is 1.79. The lowest BCUT2D eigenvalue weighted by Gasteiger charge is -2.24. The summed E-state index contributed by atoms with van der Waals surface area (Å²) in [7, 11) is 0. The van der Waals surface area contributed by atoms with Gasteiger partial charge in [0.05, 0.1) is 10.3 Å². The van der Waals surface area contributed by atoms with Gasteiger partial charge in [-0.15, -0.1) is 0 Å². The molecule has 0 aromatic heterocycles. The lowest BCUT2D eigenvalue weighted by atomic mass is 9.83. The first-order valence-corrected chi connectivity index (χ1v) is 6.50. The highest BCUT2D eigenvalue weighted by Gasteiger charge is 2.29. The van der Waals surface area contributed by atoms with Crippen LogP contribution in [0.5, 0.6) is 0 Å². The Balaban J connectivity index is 2.68. The Morgan fingerprint density at radius 2 is 1.86 bits per heavy atom. The molecule has 114 valence electrons. The van der Waals surface area contributed by atoms with Gasteiger partial charge in [-0.1, -0.05) is 12.1 Å². The lowest BCUT2D eigenvalue weighted by Crippen LogP contribution is -2.40. The molecule has 0 radical (unpaired) electrons. The molecule has 0 saturated carbocycles. The minimum absolute atomic E-state index is 0.00175. The van der Waals surface area contributed by atoms with Crippen molar-refractivity contribution < 1.29 is 19.6 Å². The SMILES string of the molecule is CC(C)(C(=O)NCCCC(=O)O)c1ccc([N+](=O)[O-])cc1. The van der Waals surface area contributed by atoms with E-state index in [1.807, 2.05) is 0 Å².